The SMILES string of the molecule is O=C(O)c1ccc2c(c1)CCC(F)(F)C2. The van der Waals surface area contributed by atoms with Crippen molar-refractivity contribution < 1.29 is 18.7 Å². The van der Waals surface area contributed by atoms with Gasteiger partial charge in [0.2, 0.25) is 0 Å². The van der Waals surface area contributed by atoms with Crippen molar-refractivity contribution in [2.24, 2.45) is 0 Å². The molecule has 0 heterocycles. The van der Waals surface area contributed by atoms with Gasteiger partial charge in [-0.3, -0.25) is 0 Å². The second-order valence-corrected chi connectivity index (χ2v) is 3.82. The van der Waals surface area contributed by atoms with Gasteiger partial charge >= 0.3 is 5.97 Å². The molecular weight excluding hydrogens is 202 g/mol. The van der Waals surface area contributed by atoms with Gasteiger partial charge in [-0.2, -0.15) is 0 Å². The molecule has 15 heavy (non-hydrogen) atoms. The molecule has 2 rings (SSSR count). The Balaban J connectivity index is 2.36. The van der Waals surface area contributed by atoms with E-state index in [-0.39, 0.29) is 24.8 Å². The normalized spacial score (nSPS) is 18.3. The van der Waals surface area contributed by atoms with E-state index in [0.29, 0.717) is 5.56 Å². The zero-order valence-corrected chi connectivity index (χ0v) is 7.96. The van der Waals surface area contributed by atoms with E-state index in [4.69, 9.17) is 5.11 Å². The smallest absolute Gasteiger partial charge is 0.335 e. The highest BCUT2D eigenvalue weighted by molar-refractivity contribution is 5.87. The van der Waals surface area contributed by atoms with Crippen molar-refractivity contribution in [2.75, 3.05) is 0 Å². The van der Waals surface area contributed by atoms with Crippen molar-refractivity contribution in [1.29, 1.82) is 0 Å². The van der Waals surface area contributed by atoms with Crippen molar-refractivity contribution in [3.63, 3.8) is 0 Å². The minimum Gasteiger partial charge on any atom is -0.478 e. The summed E-state index contributed by atoms with van der Waals surface area (Å²) in [5.41, 5.74) is 1.47. The molecule has 80 valence electrons. The van der Waals surface area contributed by atoms with E-state index >= 15 is 0 Å². The fraction of sp³-hybridized carbons (Fsp3) is 0.364. The van der Waals surface area contributed by atoms with E-state index in [0.717, 1.165) is 5.56 Å². The van der Waals surface area contributed by atoms with Gasteiger partial charge in [-0.15, -0.1) is 0 Å². The molecule has 0 bridgehead atoms. The number of aryl methyl sites for hydroxylation is 1. The Kier molecular flexibility index (Phi) is 2.21. The fourth-order valence-corrected chi connectivity index (χ4v) is 1.85. The monoisotopic (exact) mass is 212 g/mol. The van der Waals surface area contributed by atoms with Crippen LogP contribution in [0.4, 0.5) is 8.78 Å². The van der Waals surface area contributed by atoms with Crippen LogP contribution in [-0.2, 0) is 12.8 Å². The molecule has 0 atom stereocenters. The second kappa shape index (κ2) is 3.29. The molecule has 1 aromatic carbocycles. The molecule has 2 nitrogen and oxygen atoms in total. The maximum absolute atomic E-state index is 13.0. The Morgan fingerprint density at radius 3 is 2.73 bits per heavy atom. The van der Waals surface area contributed by atoms with E-state index in [2.05, 4.69) is 0 Å². The van der Waals surface area contributed by atoms with Gasteiger partial charge in [0, 0.05) is 12.8 Å². The molecule has 0 aromatic heterocycles. The Morgan fingerprint density at radius 2 is 2.07 bits per heavy atom. The molecule has 1 N–H and O–H groups in total. The summed E-state index contributed by atoms with van der Waals surface area (Å²) in [6.45, 7) is 0. The van der Waals surface area contributed by atoms with Crippen LogP contribution in [0.15, 0.2) is 18.2 Å². The first kappa shape index (κ1) is 10.1. The first-order valence-electron chi connectivity index (χ1n) is 4.71. The Hall–Kier alpha value is -1.45. The molecule has 1 aliphatic carbocycles. The summed E-state index contributed by atoms with van der Waals surface area (Å²) >= 11 is 0. The number of rotatable bonds is 1. The Labute approximate surface area is 85.5 Å². The van der Waals surface area contributed by atoms with Crippen molar-refractivity contribution in [3.8, 4) is 0 Å². The van der Waals surface area contributed by atoms with E-state index in [9.17, 15) is 13.6 Å². The van der Waals surface area contributed by atoms with Crippen molar-refractivity contribution in [1.82, 2.24) is 0 Å². The third-order valence-electron chi connectivity index (χ3n) is 2.66. The van der Waals surface area contributed by atoms with Crippen LogP contribution < -0.4 is 0 Å². The number of carboxylic acids is 1. The molecule has 0 fully saturated rings. The molecule has 0 saturated carbocycles. The van der Waals surface area contributed by atoms with Crippen LogP contribution in [0, 0.1) is 0 Å². The number of alkyl halides is 2. The van der Waals surface area contributed by atoms with Gasteiger partial charge in [0.15, 0.2) is 0 Å². The highest BCUT2D eigenvalue weighted by Crippen LogP contribution is 2.33. The molecule has 0 unspecified atom stereocenters. The van der Waals surface area contributed by atoms with Gasteiger partial charge in [-0.1, -0.05) is 6.07 Å². The molecule has 4 heteroatoms. The summed E-state index contributed by atoms with van der Waals surface area (Å²) in [6.07, 6.45) is -0.214. The van der Waals surface area contributed by atoms with Crippen LogP contribution in [0.2, 0.25) is 0 Å². The van der Waals surface area contributed by atoms with E-state index < -0.39 is 11.9 Å². The summed E-state index contributed by atoms with van der Waals surface area (Å²) in [5, 5.41) is 8.74. The lowest BCUT2D eigenvalue weighted by Gasteiger charge is -2.24. The zero-order chi connectivity index (χ0) is 11.1. The van der Waals surface area contributed by atoms with Crippen LogP contribution in [-0.4, -0.2) is 17.0 Å². The third kappa shape index (κ3) is 1.98. The highest BCUT2D eigenvalue weighted by Gasteiger charge is 2.33. The van der Waals surface area contributed by atoms with E-state index in [1.54, 1.807) is 0 Å². The van der Waals surface area contributed by atoms with Crippen molar-refractivity contribution in [3.05, 3.63) is 34.9 Å². The Bertz CT molecular complexity index is 413. The third-order valence-corrected chi connectivity index (χ3v) is 2.66. The van der Waals surface area contributed by atoms with Crippen LogP contribution >= 0.6 is 0 Å². The molecule has 1 aromatic rings. The number of benzene rings is 1. The van der Waals surface area contributed by atoms with Crippen molar-refractivity contribution in [2.45, 2.75) is 25.2 Å². The van der Waals surface area contributed by atoms with Gasteiger partial charge in [0.1, 0.15) is 0 Å². The average Bonchev–Trinajstić information content (AvgIpc) is 2.15. The molecular formula is C11H10F2O2. The summed E-state index contributed by atoms with van der Waals surface area (Å²) < 4.78 is 26.1. The zero-order valence-electron chi connectivity index (χ0n) is 7.96. The summed E-state index contributed by atoms with van der Waals surface area (Å²) in [7, 11) is 0. The van der Waals surface area contributed by atoms with Gasteiger partial charge in [0.25, 0.3) is 5.92 Å². The molecule has 1 aliphatic rings. The van der Waals surface area contributed by atoms with Gasteiger partial charge in [0.05, 0.1) is 5.56 Å². The molecule has 0 spiro atoms. The Morgan fingerprint density at radius 1 is 1.33 bits per heavy atom. The van der Waals surface area contributed by atoms with Gasteiger partial charge < -0.3 is 5.11 Å². The fourth-order valence-electron chi connectivity index (χ4n) is 1.85. The van der Waals surface area contributed by atoms with Crippen LogP contribution in [0.25, 0.3) is 0 Å². The predicted molar refractivity (Wildman–Crippen MR) is 50.4 cm³/mol. The van der Waals surface area contributed by atoms with Crippen LogP contribution in [0.3, 0.4) is 0 Å². The second-order valence-electron chi connectivity index (χ2n) is 3.82. The number of aromatic carboxylic acids is 1. The maximum Gasteiger partial charge on any atom is 0.335 e. The quantitative estimate of drug-likeness (QED) is 0.776. The molecule has 0 amide bonds. The lowest BCUT2D eigenvalue weighted by molar-refractivity contribution is -0.0122. The lowest BCUT2D eigenvalue weighted by Crippen LogP contribution is -2.26. The number of hydrogen-bond donors (Lipinski definition) is 1. The van der Waals surface area contributed by atoms with Gasteiger partial charge in [-0.25, -0.2) is 13.6 Å². The summed E-state index contributed by atoms with van der Waals surface area (Å²) in [4.78, 5) is 10.7. The molecule has 0 saturated heterocycles. The molecule has 0 radical (unpaired) electrons. The summed E-state index contributed by atoms with van der Waals surface area (Å²) in [6, 6.07) is 4.36. The number of carbonyl (C=O) groups is 1. The van der Waals surface area contributed by atoms with E-state index in [1.165, 1.54) is 18.2 Å². The summed E-state index contributed by atoms with van der Waals surface area (Å²) in [5.74, 6) is -3.66. The minimum atomic E-state index is -2.64. The van der Waals surface area contributed by atoms with Gasteiger partial charge in [-0.05, 0) is 29.7 Å². The first-order valence-corrected chi connectivity index (χ1v) is 4.71. The van der Waals surface area contributed by atoms with E-state index in [1.807, 2.05) is 0 Å². The standard InChI is InChI=1S/C11H10F2O2/c12-11(13)4-3-7-5-8(10(14)15)1-2-9(7)6-11/h1-2,5H,3-4,6H2,(H,14,15). The first-order chi connectivity index (χ1) is 6.98. The lowest BCUT2D eigenvalue weighted by atomic mass is 9.88. The number of fused-ring (bicyclic) bond motifs is 1. The van der Waals surface area contributed by atoms with Crippen LogP contribution in [0.5, 0.6) is 0 Å². The number of hydrogen-bond acceptors (Lipinski definition) is 1. The number of carboxylic acid groups (broad SMARTS) is 1. The van der Waals surface area contributed by atoms with Crippen LogP contribution in [0.1, 0.15) is 27.9 Å². The average molecular weight is 212 g/mol. The minimum absolute atomic E-state index is 0.166. The molecule has 0 aliphatic heterocycles. The highest BCUT2D eigenvalue weighted by atomic mass is 19.3. The largest absolute Gasteiger partial charge is 0.478 e. The number of halogens is 2. The van der Waals surface area contributed by atoms with Crippen molar-refractivity contribution >= 4 is 5.97 Å². The predicted octanol–water partition coefficient (Wildman–Crippen LogP) is 2.51. The maximum atomic E-state index is 13.0. The topological polar surface area (TPSA) is 37.3 Å².